The molecule has 35 heavy (non-hydrogen) atoms. The molecule has 6 atom stereocenters. The predicted molar refractivity (Wildman–Crippen MR) is 117 cm³/mol. The summed E-state index contributed by atoms with van der Waals surface area (Å²) in [6.07, 6.45) is -7.92. The summed E-state index contributed by atoms with van der Waals surface area (Å²) in [6, 6.07) is 17.2. The molecule has 2 aromatic carbocycles. The van der Waals surface area contributed by atoms with Gasteiger partial charge in [0.2, 0.25) is 6.29 Å². The maximum Gasteiger partial charge on any atom is 0.341 e. The molecule has 2 heterocycles. The number of esters is 4. The first-order valence-electron chi connectivity index (χ1n) is 11.0. The van der Waals surface area contributed by atoms with Crippen LogP contribution in [0.25, 0.3) is 0 Å². The summed E-state index contributed by atoms with van der Waals surface area (Å²) in [5, 5.41) is 0. The monoisotopic (exact) mass is 484 g/mol. The highest BCUT2D eigenvalue weighted by molar-refractivity contribution is 5.89. The molecule has 0 saturated carbocycles. The Balaban J connectivity index is 1.64. The molecule has 2 aliphatic rings. The second-order valence-electron chi connectivity index (χ2n) is 8.01. The van der Waals surface area contributed by atoms with E-state index >= 15 is 0 Å². The van der Waals surface area contributed by atoms with Crippen molar-refractivity contribution in [3.8, 4) is 0 Å². The van der Waals surface area contributed by atoms with Crippen molar-refractivity contribution >= 4 is 23.9 Å². The van der Waals surface area contributed by atoms with Crippen molar-refractivity contribution in [1.29, 1.82) is 0 Å². The Morgan fingerprint density at radius 3 is 2.03 bits per heavy atom. The van der Waals surface area contributed by atoms with Gasteiger partial charge in [-0.15, -0.1) is 0 Å². The van der Waals surface area contributed by atoms with Gasteiger partial charge in [0.25, 0.3) is 0 Å². The van der Waals surface area contributed by atoms with Crippen LogP contribution in [0.1, 0.15) is 29.8 Å². The summed E-state index contributed by atoms with van der Waals surface area (Å²) in [5.74, 6) is -3.10. The maximum atomic E-state index is 12.9. The fourth-order valence-corrected chi connectivity index (χ4v) is 3.96. The van der Waals surface area contributed by atoms with Gasteiger partial charge in [-0.3, -0.25) is 9.59 Å². The zero-order valence-electron chi connectivity index (χ0n) is 19.0. The summed E-state index contributed by atoms with van der Waals surface area (Å²) in [6.45, 7) is 2.36. The number of fused-ring (bicyclic) bond motifs is 2. The third-order valence-electron chi connectivity index (χ3n) is 5.42. The lowest BCUT2D eigenvalue weighted by Gasteiger charge is -2.48. The van der Waals surface area contributed by atoms with Crippen LogP contribution < -0.4 is 0 Å². The maximum absolute atomic E-state index is 12.9. The molecule has 10 nitrogen and oxygen atoms in total. The number of benzene rings is 2. The van der Waals surface area contributed by atoms with Gasteiger partial charge in [-0.05, 0) is 17.7 Å². The Bertz CT molecular complexity index is 1070. The van der Waals surface area contributed by atoms with Gasteiger partial charge in [-0.1, -0.05) is 48.5 Å². The van der Waals surface area contributed by atoms with E-state index in [0.29, 0.717) is 0 Å². The molecule has 2 aromatic rings. The van der Waals surface area contributed by atoms with E-state index in [1.54, 1.807) is 18.2 Å². The summed E-state index contributed by atoms with van der Waals surface area (Å²) in [4.78, 5) is 49.5. The minimum Gasteiger partial charge on any atom is -0.455 e. The molecule has 4 rings (SSSR count). The lowest BCUT2D eigenvalue weighted by molar-refractivity contribution is -0.320. The molecule has 10 heteroatoms. The van der Waals surface area contributed by atoms with E-state index in [9.17, 15) is 19.2 Å². The van der Waals surface area contributed by atoms with Crippen LogP contribution in [-0.4, -0.2) is 60.7 Å². The standard InChI is InChI=1S/C25H24O10/c1-14(26)31-19-18(34-23(28)17-11-7-4-8-12-17)20(32-15(2)27)22-25(35-24(29)21(19)33-22)30-13-16-9-5-3-6-10-16/h3-12,18-22,25H,13H2,1-2H3/t18-,19-,20-,21-,22+,25+/m1/s1. The quantitative estimate of drug-likeness (QED) is 0.425. The molecule has 0 N–H and O–H groups in total. The molecule has 0 aliphatic carbocycles. The van der Waals surface area contributed by atoms with Crippen molar-refractivity contribution in [3.63, 3.8) is 0 Å². The van der Waals surface area contributed by atoms with Gasteiger partial charge in [-0.25, -0.2) is 9.59 Å². The smallest absolute Gasteiger partial charge is 0.341 e. The highest BCUT2D eigenvalue weighted by Crippen LogP contribution is 2.36. The molecule has 2 fully saturated rings. The summed E-state index contributed by atoms with van der Waals surface area (Å²) >= 11 is 0. The van der Waals surface area contributed by atoms with Crippen LogP contribution in [0.5, 0.6) is 0 Å². The van der Waals surface area contributed by atoms with E-state index < -0.39 is 60.7 Å². The van der Waals surface area contributed by atoms with Gasteiger partial charge < -0.3 is 28.4 Å². The van der Waals surface area contributed by atoms with Crippen LogP contribution in [0, 0.1) is 0 Å². The molecule has 0 spiro atoms. The minimum absolute atomic E-state index is 0.0674. The number of ether oxygens (including phenoxy) is 6. The molecule has 2 saturated heterocycles. The molecular formula is C25H24O10. The third kappa shape index (κ3) is 5.67. The van der Waals surface area contributed by atoms with Crippen LogP contribution in [-0.2, 0) is 49.4 Å². The van der Waals surface area contributed by atoms with Gasteiger partial charge in [0.05, 0.1) is 12.2 Å². The molecule has 0 amide bonds. The lowest BCUT2D eigenvalue weighted by atomic mass is 9.91. The number of hydrogen-bond donors (Lipinski definition) is 0. The number of hydrogen-bond acceptors (Lipinski definition) is 10. The second kappa shape index (κ2) is 10.7. The Morgan fingerprint density at radius 1 is 0.800 bits per heavy atom. The van der Waals surface area contributed by atoms with Crippen molar-refractivity contribution in [3.05, 3.63) is 71.8 Å². The number of carbonyl (C=O) groups excluding carboxylic acids is 4. The topological polar surface area (TPSA) is 124 Å². The minimum atomic E-state index is -1.42. The first-order valence-corrected chi connectivity index (χ1v) is 11.0. The zero-order chi connectivity index (χ0) is 24.9. The number of rotatable bonds is 7. The Morgan fingerprint density at radius 2 is 1.40 bits per heavy atom. The number of cyclic esters (lactones) is 1. The third-order valence-corrected chi connectivity index (χ3v) is 5.42. The second-order valence-corrected chi connectivity index (χ2v) is 8.01. The number of carbonyl (C=O) groups is 4. The molecule has 0 radical (unpaired) electrons. The van der Waals surface area contributed by atoms with E-state index in [0.717, 1.165) is 19.4 Å². The largest absolute Gasteiger partial charge is 0.455 e. The van der Waals surface area contributed by atoms with Crippen molar-refractivity contribution < 1.29 is 47.6 Å². The summed E-state index contributed by atoms with van der Waals surface area (Å²) < 4.78 is 33.5. The molecule has 0 unspecified atom stereocenters. The SMILES string of the molecule is CC(=O)O[C@@H]1[C@H](OC(=O)c2ccccc2)[C@@H](OC(C)=O)[C@H]2O[C@@H]1[C@@H](OCc1ccccc1)OC2=O. The van der Waals surface area contributed by atoms with Gasteiger partial charge in [0.1, 0.15) is 0 Å². The van der Waals surface area contributed by atoms with Crippen molar-refractivity contribution in [2.24, 2.45) is 0 Å². The van der Waals surface area contributed by atoms with Crippen molar-refractivity contribution in [1.82, 2.24) is 0 Å². The predicted octanol–water partition coefficient (Wildman–Crippen LogP) is 1.94. The van der Waals surface area contributed by atoms with Gasteiger partial charge in [-0.2, -0.15) is 0 Å². The molecule has 184 valence electrons. The van der Waals surface area contributed by atoms with Crippen molar-refractivity contribution in [2.45, 2.75) is 57.3 Å². The van der Waals surface area contributed by atoms with Gasteiger partial charge >= 0.3 is 23.9 Å². The lowest BCUT2D eigenvalue weighted by Crippen LogP contribution is -2.69. The Kier molecular flexibility index (Phi) is 7.42. The van der Waals surface area contributed by atoms with E-state index in [1.807, 2.05) is 30.3 Å². The molecular weight excluding hydrogens is 460 g/mol. The normalized spacial score (nSPS) is 27.3. The fraction of sp³-hybridized carbons (Fsp3) is 0.360. The molecule has 2 aliphatic heterocycles. The van der Waals surface area contributed by atoms with E-state index in [4.69, 9.17) is 28.4 Å². The average Bonchev–Trinajstić information content (AvgIpc) is 2.84. The molecule has 0 aromatic heterocycles. The van der Waals surface area contributed by atoms with Crippen LogP contribution in [0.3, 0.4) is 0 Å². The highest BCUT2D eigenvalue weighted by Gasteiger charge is 2.61. The van der Waals surface area contributed by atoms with E-state index in [2.05, 4.69) is 0 Å². The van der Waals surface area contributed by atoms with Gasteiger partial charge in [0.15, 0.2) is 30.5 Å². The van der Waals surface area contributed by atoms with Crippen LogP contribution >= 0.6 is 0 Å². The van der Waals surface area contributed by atoms with E-state index in [1.165, 1.54) is 12.1 Å². The fourth-order valence-electron chi connectivity index (χ4n) is 3.96. The van der Waals surface area contributed by atoms with Gasteiger partial charge in [0, 0.05) is 13.8 Å². The highest BCUT2D eigenvalue weighted by atomic mass is 16.8. The average molecular weight is 484 g/mol. The van der Waals surface area contributed by atoms with Crippen LogP contribution in [0.2, 0.25) is 0 Å². The summed E-state index contributed by atoms with van der Waals surface area (Å²) in [5.41, 5.74) is 1.02. The zero-order valence-corrected chi connectivity index (χ0v) is 19.0. The van der Waals surface area contributed by atoms with Crippen LogP contribution in [0.15, 0.2) is 60.7 Å². The first-order chi connectivity index (χ1) is 16.8. The van der Waals surface area contributed by atoms with Crippen LogP contribution in [0.4, 0.5) is 0 Å². The summed E-state index contributed by atoms with van der Waals surface area (Å²) in [7, 11) is 0. The van der Waals surface area contributed by atoms with Crippen molar-refractivity contribution in [2.75, 3.05) is 0 Å². The Hall–Kier alpha value is -3.76. The van der Waals surface area contributed by atoms with E-state index in [-0.39, 0.29) is 12.2 Å². The molecule has 2 bridgehead atoms. The Labute approximate surface area is 201 Å². The first kappa shape index (κ1) is 24.4.